The van der Waals surface area contributed by atoms with Gasteiger partial charge in [0.2, 0.25) is 5.91 Å². The Balaban J connectivity index is 1.51. The number of thioether (sulfide) groups is 1. The number of ether oxygens (including phenoxy) is 2. The van der Waals surface area contributed by atoms with Crippen molar-refractivity contribution < 1.29 is 27.4 Å². The molecule has 0 aliphatic rings. The van der Waals surface area contributed by atoms with Crippen molar-refractivity contribution in [2.24, 2.45) is 0 Å². The van der Waals surface area contributed by atoms with Gasteiger partial charge in [-0.25, -0.2) is 0 Å². The number of halogens is 3. The van der Waals surface area contributed by atoms with Crippen molar-refractivity contribution in [2.75, 3.05) is 11.1 Å². The zero-order valence-corrected chi connectivity index (χ0v) is 22.3. The van der Waals surface area contributed by atoms with Crippen LogP contribution in [0.25, 0.3) is 5.69 Å². The molecule has 0 aliphatic heterocycles. The van der Waals surface area contributed by atoms with Gasteiger partial charge in [0.15, 0.2) is 22.8 Å². The van der Waals surface area contributed by atoms with E-state index in [1.165, 1.54) is 23.8 Å². The standard InChI is InChI=1S/C28H27F3N4O3S/c1-18(2)20-13-15-22(16-14-20)37-19(3)26-33-34-27(35(26)21-9-5-4-6-10-21)39-17-25(36)32-23-11-7-8-12-24(23)38-28(29,30)31/h4-16,18-19H,17H2,1-3H3,(H,32,36). The molecule has 7 nitrogen and oxygen atoms in total. The molecule has 1 amide bonds. The number of nitrogens with zero attached hydrogens (tertiary/aromatic N) is 3. The summed E-state index contributed by atoms with van der Waals surface area (Å²) in [6.45, 7) is 6.10. The number of amides is 1. The maximum Gasteiger partial charge on any atom is 0.573 e. The molecule has 0 saturated carbocycles. The van der Waals surface area contributed by atoms with E-state index in [0.717, 1.165) is 23.5 Å². The van der Waals surface area contributed by atoms with E-state index < -0.39 is 24.1 Å². The minimum Gasteiger partial charge on any atom is -0.483 e. The molecule has 1 heterocycles. The molecule has 1 atom stereocenters. The van der Waals surface area contributed by atoms with Crippen LogP contribution in [0.15, 0.2) is 84.0 Å². The van der Waals surface area contributed by atoms with Gasteiger partial charge in [0.25, 0.3) is 0 Å². The predicted molar refractivity (Wildman–Crippen MR) is 143 cm³/mol. The summed E-state index contributed by atoms with van der Waals surface area (Å²) < 4.78 is 50.1. The number of alkyl halides is 3. The molecule has 0 fully saturated rings. The van der Waals surface area contributed by atoms with Gasteiger partial charge in [0.1, 0.15) is 5.75 Å². The summed E-state index contributed by atoms with van der Waals surface area (Å²) in [6, 6.07) is 22.6. The highest BCUT2D eigenvalue weighted by atomic mass is 32.2. The van der Waals surface area contributed by atoms with Crippen LogP contribution in [0, 0.1) is 0 Å². The third kappa shape index (κ3) is 7.53. The Morgan fingerprint density at radius 1 is 0.949 bits per heavy atom. The predicted octanol–water partition coefficient (Wildman–Crippen LogP) is 7.16. The first-order valence-electron chi connectivity index (χ1n) is 12.2. The van der Waals surface area contributed by atoms with Crippen molar-refractivity contribution in [3.8, 4) is 17.2 Å². The monoisotopic (exact) mass is 556 g/mol. The molecule has 0 spiro atoms. The molecular weight excluding hydrogens is 529 g/mol. The van der Waals surface area contributed by atoms with Crippen molar-refractivity contribution in [2.45, 2.75) is 44.3 Å². The lowest BCUT2D eigenvalue weighted by Crippen LogP contribution is -2.20. The fourth-order valence-electron chi connectivity index (χ4n) is 3.75. The van der Waals surface area contributed by atoms with Crippen LogP contribution < -0.4 is 14.8 Å². The fourth-order valence-corrected chi connectivity index (χ4v) is 4.50. The van der Waals surface area contributed by atoms with Gasteiger partial charge in [-0.1, -0.05) is 68.1 Å². The van der Waals surface area contributed by atoms with Gasteiger partial charge in [-0.2, -0.15) is 0 Å². The third-order valence-electron chi connectivity index (χ3n) is 5.62. The molecular formula is C28H27F3N4O3S. The Kier molecular flexibility index (Phi) is 8.80. The highest BCUT2D eigenvalue weighted by molar-refractivity contribution is 7.99. The minimum atomic E-state index is -4.88. The second kappa shape index (κ2) is 12.2. The molecule has 4 rings (SSSR count). The fraction of sp³-hybridized carbons (Fsp3) is 0.250. The molecule has 0 saturated heterocycles. The van der Waals surface area contributed by atoms with Gasteiger partial charge in [-0.05, 0) is 54.8 Å². The summed E-state index contributed by atoms with van der Waals surface area (Å²) in [5.41, 5.74) is 1.89. The van der Waals surface area contributed by atoms with Gasteiger partial charge in [0, 0.05) is 5.69 Å². The number of aromatic nitrogens is 3. The summed E-state index contributed by atoms with van der Waals surface area (Å²) in [5, 5.41) is 11.5. The van der Waals surface area contributed by atoms with E-state index in [1.54, 1.807) is 4.57 Å². The topological polar surface area (TPSA) is 78.3 Å². The first kappa shape index (κ1) is 28.0. The lowest BCUT2D eigenvalue weighted by Gasteiger charge is -2.17. The maximum atomic E-state index is 12.7. The normalized spacial score (nSPS) is 12.3. The van der Waals surface area contributed by atoms with E-state index in [9.17, 15) is 18.0 Å². The molecule has 0 aliphatic carbocycles. The van der Waals surface area contributed by atoms with E-state index in [1.807, 2.05) is 61.5 Å². The SMILES string of the molecule is CC(C)c1ccc(OC(C)c2nnc(SCC(=O)Nc3ccccc3OC(F)(F)F)n2-c2ccccc2)cc1. The third-order valence-corrected chi connectivity index (χ3v) is 6.54. The van der Waals surface area contributed by atoms with E-state index in [4.69, 9.17) is 4.74 Å². The maximum absolute atomic E-state index is 12.7. The van der Waals surface area contributed by atoms with Crippen molar-refractivity contribution >= 4 is 23.4 Å². The van der Waals surface area contributed by atoms with Crippen molar-refractivity contribution in [1.29, 1.82) is 0 Å². The molecule has 204 valence electrons. The second-order valence-electron chi connectivity index (χ2n) is 8.88. The highest BCUT2D eigenvalue weighted by Gasteiger charge is 2.32. The first-order valence-corrected chi connectivity index (χ1v) is 13.1. The minimum absolute atomic E-state index is 0.0869. The Labute approximate surface area is 228 Å². The lowest BCUT2D eigenvalue weighted by molar-refractivity contribution is -0.274. The highest BCUT2D eigenvalue weighted by Crippen LogP contribution is 2.31. The van der Waals surface area contributed by atoms with Gasteiger partial charge in [0.05, 0.1) is 11.4 Å². The molecule has 1 N–H and O–H groups in total. The van der Waals surface area contributed by atoms with Gasteiger partial charge in [-0.15, -0.1) is 23.4 Å². The lowest BCUT2D eigenvalue weighted by atomic mass is 10.0. The van der Waals surface area contributed by atoms with Crippen molar-refractivity contribution in [1.82, 2.24) is 14.8 Å². The van der Waals surface area contributed by atoms with Crippen LogP contribution in [-0.2, 0) is 4.79 Å². The smallest absolute Gasteiger partial charge is 0.483 e. The molecule has 39 heavy (non-hydrogen) atoms. The molecule has 3 aromatic carbocycles. The Hall–Kier alpha value is -3.99. The number of para-hydroxylation sites is 3. The number of rotatable bonds is 10. The van der Waals surface area contributed by atoms with E-state index in [-0.39, 0.29) is 11.4 Å². The first-order chi connectivity index (χ1) is 18.6. The number of hydrogen-bond donors (Lipinski definition) is 1. The molecule has 11 heteroatoms. The van der Waals surface area contributed by atoms with Crippen LogP contribution in [0.3, 0.4) is 0 Å². The van der Waals surface area contributed by atoms with Crippen molar-refractivity contribution in [3.05, 3.63) is 90.3 Å². The van der Waals surface area contributed by atoms with Gasteiger partial charge in [-0.3, -0.25) is 9.36 Å². The van der Waals surface area contributed by atoms with Crippen molar-refractivity contribution in [3.63, 3.8) is 0 Å². The molecule has 1 unspecified atom stereocenters. The average molecular weight is 557 g/mol. The summed E-state index contributed by atoms with van der Waals surface area (Å²) >= 11 is 1.10. The summed E-state index contributed by atoms with van der Waals surface area (Å²) in [6.07, 6.45) is -5.36. The Bertz CT molecular complexity index is 1390. The number of anilines is 1. The van der Waals surface area contributed by atoms with E-state index in [0.29, 0.717) is 22.6 Å². The number of carbonyl (C=O) groups excluding carboxylic acids is 1. The van der Waals surface area contributed by atoms with Crippen LogP contribution in [0.2, 0.25) is 0 Å². The van der Waals surface area contributed by atoms with Gasteiger partial charge >= 0.3 is 6.36 Å². The van der Waals surface area contributed by atoms with Crippen LogP contribution in [0.5, 0.6) is 11.5 Å². The average Bonchev–Trinajstić information content (AvgIpc) is 3.33. The molecule has 0 bridgehead atoms. The van der Waals surface area contributed by atoms with Crippen LogP contribution in [-0.4, -0.2) is 32.8 Å². The number of hydrogen-bond acceptors (Lipinski definition) is 6. The number of benzene rings is 3. The van der Waals surface area contributed by atoms with Crippen LogP contribution >= 0.6 is 11.8 Å². The largest absolute Gasteiger partial charge is 0.573 e. The number of nitrogens with one attached hydrogen (secondary N) is 1. The Morgan fingerprint density at radius 2 is 1.62 bits per heavy atom. The van der Waals surface area contributed by atoms with Gasteiger partial charge < -0.3 is 14.8 Å². The summed E-state index contributed by atoms with van der Waals surface area (Å²) in [7, 11) is 0. The molecule has 0 radical (unpaired) electrons. The van der Waals surface area contributed by atoms with E-state index in [2.05, 4.69) is 34.1 Å². The molecule has 1 aromatic heterocycles. The Morgan fingerprint density at radius 3 is 2.28 bits per heavy atom. The summed E-state index contributed by atoms with van der Waals surface area (Å²) in [4.78, 5) is 12.7. The van der Waals surface area contributed by atoms with E-state index >= 15 is 0 Å². The summed E-state index contributed by atoms with van der Waals surface area (Å²) in [5.74, 6) is 0.461. The quantitative estimate of drug-likeness (QED) is 0.209. The zero-order chi connectivity index (χ0) is 28.0. The number of carbonyl (C=O) groups is 1. The second-order valence-corrected chi connectivity index (χ2v) is 9.82. The van der Waals surface area contributed by atoms with Crippen LogP contribution in [0.4, 0.5) is 18.9 Å². The zero-order valence-electron chi connectivity index (χ0n) is 21.5. The van der Waals surface area contributed by atoms with Crippen LogP contribution in [0.1, 0.15) is 44.2 Å². The molecule has 4 aromatic rings.